The maximum absolute atomic E-state index is 14.4. The number of aromatic nitrogens is 3. The standard InChI is InChI=1S/C40H43N5O8/c1-25-10-14-28(15-11-25)38(49)51-23-34-33(53-39(50)29-16-12-26(2)13-17-29)18-32(52-34)31-21-44(20-30(47)22-46)36-35(31)42-40(41-24-43(3)4)45(37(36)48)19-27-8-6-5-7-9-27/h5-17,21,24,30,32-34,46-47H,18-20,22-23H2,1-4H3/b41-24-/t30?,32-,33+,34+/m1/s1. The van der Waals surface area contributed by atoms with Gasteiger partial charge in [-0.15, -0.1) is 0 Å². The molecule has 3 heterocycles. The average molecular weight is 722 g/mol. The van der Waals surface area contributed by atoms with Crippen molar-refractivity contribution < 1.29 is 34.0 Å². The summed E-state index contributed by atoms with van der Waals surface area (Å²) in [5.74, 6) is -0.977. The van der Waals surface area contributed by atoms with Crippen LogP contribution in [-0.2, 0) is 27.3 Å². The monoisotopic (exact) mass is 721 g/mol. The summed E-state index contributed by atoms with van der Waals surface area (Å²) in [6, 6.07) is 23.4. The van der Waals surface area contributed by atoms with E-state index in [1.807, 2.05) is 68.4 Å². The highest BCUT2D eigenvalue weighted by atomic mass is 16.6. The number of nitrogens with zero attached hydrogens (tertiary/aromatic N) is 5. The maximum Gasteiger partial charge on any atom is 0.338 e. The molecule has 276 valence electrons. The lowest BCUT2D eigenvalue weighted by atomic mass is 10.1. The van der Waals surface area contributed by atoms with E-state index in [0.29, 0.717) is 16.7 Å². The molecule has 0 radical (unpaired) electrons. The van der Waals surface area contributed by atoms with Crippen LogP contribution >= 0.6 is 0 Å². The van der Waals surface area contributed by atoms with Crippen LogP contribution in [0.1, 0.15) is 55.5 Å². The Bertz CT molecular complexity index is 2140. The Kier molecular flexibility index (Phi) is 11.5. The van der Waals surface area contributed by atoms with Gasteiger partial charge >= 0.3 is 11.9 Å². The van der Waals surface area contributed by atoms with E-state index in [0.717, 1.165) is 16.7 Å². The number of aliphatic hydroxyl groups excluding tert-OH is 2. The van der Waals surface area contributed by atoms with Crippen molar-refractivity contribution in [1.82, 2.24) is 19.0 Å². The minimum absolute atomic E-state index is 0.105. The van der Waals surface area contributed by atoms with Gasteiger partial charge in [0.15, 0.2) is 0 Å². The van der Waals surface area contributed by atoms with Gasteiger partial charge < -0.3 is 33.9 Å². The third kappa shape index (κ3) is 8.71. The third-order valence-electron chi connectivity index (χ3n) is 8.95. The van der Waals surface area contributed by atoms with Crippen LogP contribution in [0.5, 0.6) is 0 Å². The zero-order chi connectivity index (χ0) is 37.6. The molecule has 1 saturated heterocycles. The lowest BCUT2D eigenvalue weighted by Crippen LogP contribution is -2.32. The van der Waals surface area contributed by atoms with E-state index in [4.69, 9.17) is 19.2 Å². The van der Waals surface area contributed by atoms with Crippen LogP contribution in [0.25, 0.3) is 11.0 Å². The fourth-order valence-corrected chi connectivity index (χ4v) is 6.14. The predicted octanol–water partition coefficient (Wildman–Crippen LogP) is 4.35. The number of hydrogen-bond donors (Lipinski definition) is 2. The van der Waals surface area contributed by atoms with Gasteiger partial charge in [-0.1, -0.05) is 65.7 Å². The first-order valence-corrected chi connectivity index (χ1v) is 17.3. The second kappa shape index (κ2) is 16.4. The third-order valence-corrected chi connectivity index (χ3v) is 8.95. The lowest BCUT2D eigenvalue weighted by Gasteiger charge is -2.19. The number of ether oxygens (including phenoxy) is 3. The Hall–Kier alpha value is -5.63. The smallest absolute Gasteiger partial charge is 0.338 e. The minimum atomic E-state index is -1.17. The summed E-state index contributed by atoms with van der Waals surface area (Å²) >= 11 is 0. The molecule has 2 aromatic heterocycles. The van der Waals surface area contributed by atoms with Gasteiger partial charge in [0.2, 0.25) is 5.95 Å². The molecule has 6 rings (SSSR count). The first kappa shape index (κ1) is 37.1. The Morgan fingerprint density at radius 3 is 2.26 bits per heavy atom. The van der Waals surface area contributed by atoms with Gasteiger partial charge in [0.25, 0.3) is 5.56 Å². The number of aliphatic imine (C=N–C) groups is 1. The van der Waals surface area contributed by atoms with Crippen LogP contribution in [0.4, 0.5) is 5.95 Å². The number of fused-ring (bicyclic) bond motifs is 1. The number of aliphatic hydroxyl groups is 2. The number of carbonyl (C=O) groups is 2. The number of rotatable bonds is 13. The quantitative estimate of drug-likeness (QED) is 0.102. The van der Waals surface area contributed by atoms with Crippen molar-refractivity contribution in [3.8, 4) is 0 Å². The number of aryl methyl sites for hydroxylation is 2. The zero-order valence-electron chi connectivity index (χ0n) is 30.1. The molecule has 1 aliphatic heterocycles. The largest absolute Gasteiger partial charge is 0.459 e. The fraction of sp³-hybridized carbons (Fsp3) is 0.325. The molecule has 1 fully saturated rings. The SMILES string of the molecule is Cc1ccc(C(=O)OC[C@@H]2O[C@@H](c3cn(CC(O)CO)c4c(=O)n(Cc5ccccc5)c(/N=C\N(C)C)nc34)C[C@@H]2OC(=O)c2ccc(C)cc2)cc1. The maximum atomic E-state index is 14.4. The Labute approximate surface area is 306 Å². The highest BCUT2D eigenvalue weighted by Gasteiger charge is 2.41. The Morgan fingerprint density at radius 1 is 1.00 bits per heavy atom. The highest BCUT2D eigenvalue weighted by Crippen LogP contribution is 2.39. The number of hydrogen-bond acceptors (Lipinski definition) is 10. The number of benzene rings is 3. The van der Waals surface area contributed by atoms with Crippen molar-refractivity contribution in [1.29, 1.82) is 0 Å². The molecule has 5 aromatic rings. The predicted molar refractivity (Wildman–Crippen MR) is 199 cm³/mol. The first-order valence-electron chi connectivity index (χ1n) is 17.3. The van der Waals surface area contributed by atoms with Crippen molar-refractivity contribution in [2.45, 2.75) is 57.8 Å². The molecule has 2 N–H and O–H groups in total. The second-order valence-electron chi connectivity index (χ2n) is 13.4. The van der Waals surface area contributed by atoms with Crippen LogP contribution in [0.15, 0.2) is 94.8 Å². The van der Waals surface area contributed by atoms with Crippen LogP contribution in [0.3, 0.4) is 0 Å². The van der Waals surface area contributed by atoms with E-state index in [9.17, 15) is 24.6 Å². The summed E-state index contributed by atoms with van der Waals surface area (Å²) < 4.78 is 21.2. The summed E-state index contributed by atoms with van der Waals surface area (Å²) in [7, 11) is 3.60. The topological polar surface area (TPSA) is 158 Å². The van der Waals surface area contributed by atoms with Gasteiger partial charge in [-0.25, -0.2) is 19.6 Å². The normalized spacial score (nSPS) is 17.7. The summed E-state index contributed by atoms with van der Waals surface area (Å²) in [5.41, 5.74) is 4.08. The average Bonchev–Trinajstić information content (AvgIpc) is 3.72. The summed E-state index contributed by atoms with van der Waals surface area (Å²) in [4.78, 5) is 51.9. The van der Waals surface area contributed by atoms with E-state index in [2.05, 4.69) is 4.99 Å². The minimum Gasteiger partial charge on any atom is -0.459 e. The molecule has 0 spiro atoms. The van der Waals surface area contributed by atoms with Gasteiger partial charge in [0.1, 0.15) is 29.8 Å². The number of esters is 2. The van der Waals surface area contributed by atoms with Gasteiger partial charge in [0.05, 0.1) is 49.4 Å². The van der Waals surface area contributed by atoms with E-state index < -0.39 is 48.5 Å². The first-order chi connectivity index (χ1) is 25.5. The van der Waals surface area contributed by atoms with Gasteiger partial charge in [-0.05, 0) is 43.7 Å². The Morgan fingerprint density at radius 2 is 1.64 bits per heavy atom. The molecule has 0 saturated carbocycles. The van der Waals surface area contributed by atoms with Crippen LogP contribution in [0, 0.1) is 13.8 Å². The molecular formula is C40H43N5O8. The molecule has 4 atom stereocenters. The second-order valence-corrected chi connectivity index (χ2v) is 13.4. The van der Waals surface area contributed by atoms with E-state index in [1.54, 1.807) is 60.4 Å². The Balaban J connectivity index is 1.40. The van der Waals surface area contributed by atoms with E-state index >= 15 is 0 Å². The summed E-state index contributed by atoms with van der Waals surface area (Å²) in [6.45, 7) is 3.16. The molecule has 13 nitrogen and oxygen atoms in total. The number of carbonyl (C=O) groups excluding carboxylic acids is 2. The van der Waals surface area contributed by atoms with Crippen molar-refractivity contribution in [2.75, 3.05) is 27.3 Å². The summed E-state index contributed by atoms with van der Waals surface area (Å²) in [5, 5.41) is 20.2. The molecule has 1 unspecified atom stereocenters. The van der Waals surface area contributed by atoms with E-state index in [1.165, 1.54) is 4.57 Å². The molecule has 0 amide bonds. The fourth-order valence-electron chi connectivity index (χ4n) is 6.14. The van der Waals surface area contributed by atoms with Gasteiger partial charge in [-0.3, -0.25) is 9.36 Å². The molecule has 53 heavy (non-hydrogen) atoms. The summed E-state index contributed by atoms with van der Waals surface area (Å²) in [6.07, 6.45) is -0.293. The van der Waals surface area contributed by atoms with Crippen molar-refractivity contribution >= 4 is 35.3 Å². The molecular weight excluding hydrogens is 678 g/mol. The molecule has 0 bridgehead atoms. The molecule has 3 aromatic carbocycles. The van der Waals surface area contributed by atoms with Gasteiger partial charge in [-0.2, -0.15) is 0 Å². The molecule has 13 heteroatoms. The van der Waals surface area contributed by atoms with Crippen LogP contribution < -0.4 is 5.56 Å². The lowest BCUT2D eigenvalue weighted by molar-refractivity contribution is -0.0425. The van der Waals surface area contributed by atoms with Crippen molar-refractivity contribution in [2.24, 2.45) is 4.99 Å². The van der Waals surface area contributed by atoms with Crippen LogP contribution in [0.2, 0.25) is 0 Å². The zero-order valence-corrected chi connectivity index (χ0v) is 30.1. The van der Waals surface area contributed by atoms with Crippen molar-refractivity contribution in [3.63, 3.8) is 0 Å². The van der Waals surface area contributed by atoms with E-state index in [-0.39, 0.29) is 43.1 Å². The molecule has 0 aliphatic carbocycles. The molecule has 1 aliphatic rings. The highest BCUT2D eigenvalue weighted by molar-refractivity contribution is 5.90. The van der Waals surface area contributed by atoms with Crippen LogP contribution in [-0.4, -0.2) is 93.1 Å². The van der Waals surface area contributed by atoms with Gasteiger partial charge in [0, 0.05) is 32.3 Å². The van der Waals surface area contributed by atoms with Crippen molar-refractivity contribution in [3.05, 3.63) is 129 Å².